The minimum Gasteiger partial charge on any atom is -0.366 e. The van der Waals surface area contributed by atoms with Gasteiger partial charge in [-0.2, -0.15) is 5.26 Å². The number of nitriles is 1. The maximum Gasteiger partial charge on any atom is 0.233 e. The quantitative estimate of drug-likeness (QED) is 0.510. The van der Waals surface area contributed by atoms with E-state index in [0.29, 0.717) is 48.0 Å². The lowest BCUT2D eigenvalue weighted by Crippen LogP contribution is -2.49. The topological polar surface area (TPSA) is 77.3 Å². The number of aryl methyl sites for hydroxylation is 1. The Labute approximate surface area is 191 Å². The number of thioether (sulfide) groups is 1. The monoisotopic (exact) mass is 452 g/mol. The first-order valence-corrected chi connectivity index (χ1v) is 11.8. The van der Waals surface area contributed by atoms with Crippen LogP contribution in [0.4, 0.5) is 10.1 Å². The molecule has 1 saturated heterocycles. The summed E-state index contributed by atoms with van der Waals surface area (Å²) < 4.78 is 14.4. The maximum absolute atomic E-state index is 14.4. The van der Waals surface area contributed by atoms with E-state index in [4.69, 9.17) is 0 Å². The van der Waals surface area contributed by atoms with E-state index in [1.807, 2.05) is 11.8 Å². The number of halogens is 1. The third-order valence-corrected chi connectivity index (χ3v) is 7.20. The molecule has 0 spiro atoms. The zero-order chi connectivity index (χ0) is 22.8. The summed E-state index contributed by atoms with van der Waals surface area (Å²) in [5.74, 6) is -0.376. The molecule has 6 nitrogen and oxygen atoms in total. The smallest absolute Gasteiger partial charge is 0.233 e. The number of carbonyl (C=O) groups excluding carboxylic acids is 2. The highest BCUT2D eigenvalue weighted by atomic mass is 32.2. The van der Waals surface area contributed by atoms with E-state index in [-0.39, 0.29) is 17.4 Å². The number of Topliss-reactive ketones (excluding diaryl/α,β-unsaturated/α-hetero) is 1. The highest BCUT2D eigenvalue weighted by Gasteiger charge is 2.25. The van der Waals surface area contributed by atoms with Gasteiger partial charge in [-0.15, -0.1) is 0 Å². The third-order valence-electron chi connectivity index (χ3n) is 6.24. The van der Waals surface area contributed by atoms with Crippen molar-refractivity contribution in [1.82, 2.24) is 9.88 Å². The number of hydrogen-bond donors (Lipinski definition) is 0. The van der Waals surface area contributed by atoms with Crippen LogP contribution < -0.4 is 4.90 Å². The van der Waals surface area contributed by atoms with Crippen molar-refractivity contribution in [1.29, 1.82) is 5.26 Å². The van der Waals surface area contributed by atoms with Crippen molar-refractivity contribution in [2.24, 2.45) is 0 Å². The number of nitrogens with zero attached hydrogens (tertiary/aromatic N) is 4. The van der Waals surface area contributed by atoms with E-state index in [9.17, 15) is 19.2 Å². The molecule has 8 heteroatoms. The fourth-order valence-corrected chi connectivity index (χ4v) is 5.34. The van der Waals surface area contributed by atoms with E-state index >= 15 is 0 Å². The van der Waals surface area contributed by atoms with Gasteiger partial charge in [0.05, 0.1) is 17.0 Å². The number of anilines is 1. The summed E-state index contributed by atoms with van der Waals surface area (Å²) in [4.78, 5) is 32.6. The Morgan fingerprint density at radius 2 is 1.97 bits per heavy atom. The molecule has 2 aromatic rings. The second-order valence-corrected chi connectivity index (χ2v) is 9.15. The summed E-state index contributed by atoms with van der Waals surface area (Å²) >= 11 is 1.33. The first-order valence-electron chi connectivity index (χ1n) is 10.8. The molecule has 166 valence electrons. The van der Waals surface area contributed by atoms with Crippen LogP contribution in [-0.4, -0.2) is 53.5 Å². The lowest BCUT2D eigenvalue weighted by molar-refractivity contribution is -0.128. The highest BCUT2D eigenvalue weighted by molar-refractivity contribution is 8.00. The fraction of sp³-hybridized carbons (Fsp3) is 0.417. The number of ketones is 1. The fourth-order valence-electron chi connectivity index (χ4n) is 4.38. The standard InChI is InChI=1S/C24H25FN4O2S/c1-15-18-4-3-5-21(18)27-24(19(15)13-26)32-14-23(31)29-10-8-28(9-11-29)22-7-6-17(16(2)30)12-20(22)25/h6-7,12H,3-5,8-11,14H2,1-2H3. The molecule has 2 heterocycles. The Hall–Kier alpha value is -2.92. The van der Waals surface area contributed by atoms with Crippen LogP contribution in [0.3, 0.4) is 0 Å². The van der Waals surface area contributed by atoms with Crippen molar-refractivity contribution in [2.45, 2.75) is 38.1 Å². The zero-order valence-electron chi connectivity index (χ0n) is 18.3. The Morgan fingerprint density at radius 1 is 1.22 bits per heavy atom. The van der Waals surface area contributed by atoms with E-state index in [0.717, 1.165) is 30.5 Å². The van der Waals surface area contributed by atoms with Gasteiger partial charge in [0, 0.05) is 37.4 Å². The number of fused-ring (bicyclic) bond motifs is 1. The predicted molar refractivity (Wildman–Crippen MR) is 122 cm³/mol. The Bertz CT molecular complexity index is 1120. The molecule has 1 aromatic carbocycles. The van der Waals surface area contributed by atoms with Crippen LogP contribution in [0.1, 0.15) is 46.1 Å². The number of benzene rings is 1. The van der Waals surface area contributed by atoms with E-state index in [1.54, 1.807) is 17.0 Å². The van der Waals surface area contributed by atoms with Crippen molar-refractivity contribution in [3.63, 3.8) is 0 Å². The molecular formula is C24H25FN4O2S. The normalized spacial score (nSPS) is 15.4. The number of piperazine rings is 1. The minimum absolute atomic E-state index is 0.00843. The van der Waals surface area contributed by atoms with Crippen LogP contribution in [0.2, 0.25) is 0 Å². The molecule has 1 fully saturated rings. The predicted octanol–water partition coefficient (Wildman–Crippen LogP) is 3.53. The van der Waals surface area contributed by atoms with Gasteiger partial charge in [-0.1, -0.05) is 11.8 Å². The van der Waals surface area contributed by atoms with Gasteiger partial charge in [0.15, 0.2) is 5.78 Å². The molecule has 0 N–H and O–H groups in total. The molecule has 4 rings (SSSR count). The largest absolute Gasteiger partial charge is 0.366 e. The number of amides is 1. The molecule has 1 aliphatic carbocycles. The lowest BCUT2D eigenvalue weighted by Gasteiger charge is -2.36. The van der Waals surface area contributed by atoms with Gasteiger partial charge < -0.3 is 9.80 Å². The van der Waals surface area contributed by atoms with E-state index in [2.05, 4.69) is 11.1 Å². The van der Waals surface area contributed by atoms with Gasteiger partial charge in [-0.05, 0) is 62.4 Å². The van der Waals surface area contributed by atoms with Crippen molar-refractivity contribution in [3.05, 3.63) is 52.0 Å². The SMILES string of the molecule is CC(=O)c1ccc(N2CCN(C(=O)CSc3nc4c(c(C)c3C#N)CCC4)CC2)c(F)c1. The number of hydrogen-bond acceptors (Lipinski definition) is 6. The van der Waals surface area contributed by atoms with Crippen LogP contribution in [0, 0.1) is 24.1 Å². The molecule has 1 aromatic heterocycles. The van der Waals surface area contributed by atoms with E-state index < -0.39 is 5.82 Å². The number of pyridine rings is 1. The van der Waals surface area contributed by atoms with Gasteiger partial charge in [-0.25, -0.2) is 9.37 Å². The third kappa shape index (κ3) is 4.35. The molecule has 32 heavy (non-hydrogen) atoms. The minimum atomic E-state index is -0.421. The van der Waals surface area contributed by atoms with Crippen molar-refractivity contribution in [2.75, 3.05) is 36.8 Å². The van der Waals surface area contributed by atoms with Crippen LogP contribution in [0.25, 0.3) is 0 Å². The first-order chi connectivity index (χ1) is 15.4. The average molecular weight is 453 g/mol. The van der Waals surface area contributed by atoms with Crippen molar-refractivity contribution < 1.29 is 14.0 Å². The Kier molecular flexibility index (Phi) is 6.47. The lowest BCUT2D eigenvalue weighted by atomic mass is 10.0. The summed E-state index contributed by atoms with van der Waals surface area (Å²) in [6.07, 6.45) is 2.95. The average Bonchev–Trinajstić information content (AvgIpc) is 3.26. The number of rotatable bonds is 5. The molecule has 0 unspecified atom stereocenters. The van der Waals surface area contributed by atoms with E-state index in [1.165, 1.54) is 30.3 Å². The molecule has 0 radical (unpaired) electrons. The summed E-state index contributed by atoms with van der Waals surface area (Å²) in [6.45, 7) is 5.41. The van der Waals surface area contributed by atoms with Crippen LogP contribution in [-0.2, 0) is 17.6 Å². The number of carbonyl (C=O) groups is 2. The second kappa shape index (κ2) is 9.29. The molecule has 0 bridgehead atoms. The first kappa shape index (κ1) is 22.3. The summed E-state index contributed by atoms with van der Waals surface area (Å²) in [7, 11) is 0. The van der Waals surface area contributed by atoms with Crippen LogP contribution in [0.15, 0.2) is 23.2 Å². The summed E-state index contributed by atoms with van der Waals surface area (Å²) in [6, 6.07) is 6.80. The van der Waals surface area contributed by atoms with Gasteiger partial charge in [0.2, 0.25) is 5.91 Å². The number of aromatic nitrogens is 1. The van der Waals surface area contributed by atoms with Gasteiger partial charge in [0.1, 0.15) is 16.9 Å². The summed E-state index contributed by atoms with van der Waals surface area (Å²) in [5.41, 5.74) is 4.63. The molecule has 2 aliphatic rings. The van der Waals surface area contributed by atoms with Gasteiger partial charge in [0.25, 0.3) is 0 Å². The molecule has 1 aliphatic heterocycles. The Balaban J connectivity index is 1.36. The van der Waals surface area contributed by atoms with Crippen LogP contribution in [0.5, 0.6) is 0 Å². The molecule has 0 saturated carbocycles. The molecule has 0 atom stereocenters. The molecule has 1 amide bonds. The highest BCUT2D eigenvalue weighted by Crippen LogP contribution is 2.32. The Morgan fingerprint density at radius 3 is 2.62 bits per heavy atom. The van der Waals surface area contributed by atoms with Crippen molar-refractivity contribution in [3.8, 4) is 6.07 Å². The summed E-state index contributed by atoms with van der Waals surface area (Å²) in [5, 5.41) is 10.2. The van der Waals surface area contributed by atoms with Crippen LogP contribution >= 0.6 is 11.8 Å². The van der Waals surface area contributed by atoms with Crippen molar-refractivity contribution >= 4 is 29.1 Å². The van der Waals surface area contributed by atoms with Gasteiger partial charge in [-0.3, -0.25) is 9.59 Å². The molecular weight excluding hydrogens is 427 g/mol. The zero-order valence-corrected chi connectivity index (χ0v) is 19.1. The van der Waals surface area contributed by atoms with Gasteiger partial charge >= 0.3 is 0 Å². The maximum atomic E-state index is 14.4. The second-order valence-electron chi connectivity index (χ2n) is 8.19.